The predicted octanol–water partition coefficient (Wildman–Crippen LogP) is 0.796. The first-order valence-corrected chi connectivity index (χ1v) is 3.30. The third kappa shape index (κ3) is 6.48. The van der Waals surface area contributed by atoms with Crippen LogP contribution in [0.15, 0.2) is 12.2 Å². The molecule has 0 radical (unpaired) electrons. The fourth-order valence-electron chi connectivity index (χ4n) is 0.449. The summed E-state index contributed by atoms with van der Waals surface area (Å²) in [5.74, 6) is -0.645. The number of ether oxygens (including phenoxy) is 1. The van der Waals surface area contributed by atoms with Crippen LogP contribution in [0.2, 0.25) is 0 Å². The first-order valence-electron chi connectivity index (χ1n) is 3.30. The van der Waals surface area contributed by atoms with E-state index in [0.717, 1.165) is 6.42 Å². The van der Waals surface area contributed by atoms with Crippen molar-refractivity contribution in [1.29, 1.82) is 0 Å². The minimum absolute atomic E-state index is 0.221. The van der Waals surface area contributed by atoms with Crippen molar-refractivity contribution in [2.24, 2.45) is 0 Å². The van der Waals surface area contributed by atoms with E-state index in [0.29, 0.717) is 6.21 Å². The van der Waals surface area contributed by atoms with Crippen molar-refractivity contribution in [2.75, 3.05) is 6.61 Å². The number of carbonyl (C=O) groups excluding carboxylic acids is 1. The van der Waals surface area contributed by atoms with Gasteiger partial charge in [-0.2, -0.15) is 4.79 Å². The van der Waals surface area contributed by atoms with Crippen LogP contribution in [0, 0.1) is 0 Å². The number of hydrogen-bond donors (Lipinski definition) is 0. The molecule has 0 bridgehead atoms. The summed E-state index contributed by atoms with van der Waals surface area (Å²) in [4.78, 5) is 13.0. The lowest BCUT2D eigenvalue weighted by Gasteiger charge is -1.90. The Morgan fingerprint density at radius 1 is 1.64 bits per heavy atom. The van der Waals surface area contributed by atoms with Gasteiger partial charge < -0.3 is 10.3 Å². The highest BCUT2D eigenvalue weighted by molar-refractivity contribution is 6.20. The Morgan fingerprint density at radius 2 is 2.36 bits per heavy atom. The fourth-order valence-corrected chi connectivity index (χ4v) is 0.449. The Kier molecular flexibility index (Phi) is 5.85. The molecule has 0 heterocycles. The van der Waals surface area contributed by atoms with Crippen LogP contribution in [0.5, 0.6) is 0 Å². The SMILES string of the molecule is CCC=CCOC(=O)C=[N+]=[N-]. The van der Waals surface area contributed by atoms with E-state index >= 15 is 0 Å². The first kappa shape index (κ1) is 9.59. The second-order valence-electron chi connectivity index (χ2n) is 1.75. The second-order valence-corrected chi connectivity index (χ2v) is 1.75. The molecule has 0 saturated carbocycles. The third-order valence-electron chi connectivity index (χ3n) is 0.887. The molecular formula is C7H10N2O2. The van der Waals surface area contributed by atoms with Gasteiger partial charge in [-0.05, 0) is 6.42 Å². The maximum atomic E-state index is 10.4. The summed E-state index contributed by atoms with van der Waals surface area (Å²) >= 11 is 0. The quantitative estimate of drug-likeness (QED) is 0.197. The van der Waals surface area contributed by atoms with Crippen LogP contribution >= 0.6 is 0 Å². The Morgan fingerprint density at radius 3 is 2.91 bits per heavy atom. The number of hydrogen-bond acceptors (Lipinski definition) is 2. The van der Waals surface area contributed by atoms with Gasteiger partial charge in [0, 0.05) is 0 Å². The normalized spacial score (nSPS) is 9.18. The summed E-state index contributed by atoms with van der Waals surface area (Å²) in [5, 5.41) is 0. The van der Waals surface area contributed by atoms with Gasteiger partial charge in [-0.3, -0.25) is 0 Å². The lowest BCUT2D eigenvalue weighted by Crippen LogP contribution is -2.05. The van der Waals surface area contributed by atoms with Gasteiger partial charge in [-0.15, -0.1) is 0 Å². The highest BCUT2D eigenvalue weighted by Gasteiger charge is 1.98. The molecule has 0 N–H and O–H groups in total. The summed E-state index contributed by atoms with van der Waals surface area (Å²) in [6.07, 6.45) is 5.22. The van der Waals surface area contributed by atoms with Gasteiger partial charge in [-0.25, -0.2) is 4.79 Å². The second kappa shape index (κ2) is 6.71. The van der Waals surface area contributed by atoms with E-state index in [1.807, 2.05) is 13.0 Å². The molecule has 0 aromatic rings. The number of rotatable bonds is 4. The summed E-state index contributed by atoms with van der Waals surface area (Å²) in [7, 11) is 0. The van der Waals surface area contributed by atoms with Gasteiger partial charge >= 0.3 is 12.2 Å². The summed E-state index contributed by atoms with van der Waals surface area (Å²) in [5.41, 5.74) is 7.89. The summed E-state index contributed by atoms with van der Waals surface area (Å²) in [6, 6.07) is 0. The van der Waals surface area contributed by atoms with Crippen molar-refractivity contribution in [3.05, 3.63) is 17.7 Å². The molecule has 4 heteroatoms. The number of carbonyl (C=O) groups is 1. The molecule has 0 aliphatic rings. The Balaban J connectivity index is 3.46. The molecule has 0 spiro atoms. The molecule has 0 aromatic carbocycles. The van der Waals surface area contributed by atoms with E-state index in [2.05, 4.69) is 9.53 Å². The predicted molar refractivity (Wildman–Crippen MR) is 40.1 cm³/mol. The van der Waals surface area contributed by atoms with Crippen LogP contribution in [-0.2, 0) is 9.53 Å². The van der Waals surface area contributed by atoms with Gasteiger partial charge in [-0.1, -0.05) is 19.1 Å². The van der Waals surface area contributed by atoms with Crippen molar-refractivity contribution in [1.82, 2.24) is 0 Å². The lowest BCUT2D eigenvalue weighted by atomic mass is 10.4. The molecule has 0 unspecified atom stereocenters. The molecule has 0 aromatic heterocycles. The molecule has 0 amide bonds. The summed E-state index contributed by atoms with van der Waals surface area (Å²) in [6.45, 7) is 2.20. The van der Waals surface area contributed by atoms with Crippen LogP contribution in [0.1, 0.15) is 13.3 Å². The van der Waals surface area contributed by atoms with E-state index in [1.165, 1.54) is 0 Å². The standard InChI is InChI=1S/C7H10N2O2/c1-2-3-4-5-11-7(10)6-9-8/h3-4,6H,2,5H2,1H3. The van der Waals surface area contributed by atoms with Gasteiger partial charge in [0.05, 0.1) is 0 Å². The average molecular weight is 154 g/mol. The minimum atomic E-state index is -0.645. The first-order chi connectivity index (χ1) is 5.31. The Labute approximate surface area is 65.1 Å². The highest BCUT2D eigenvalue weighted by atomic mass is 16.5. The molecule has 0 rings (SSSR count). The van der Waals surface area contributed by atoms with E-state index in [1.54, 1.807) is 6.08 Å². The van der Waals surface area contributed by atoms with E-state index in [4.69, 9.17) is 5.53 Å². The van der Waals surface area contributed by atoms with Gasteiger partial charge in [0.25, 0.3) is 0 Å². The van der Waals surface area contributed by atoms with Crippen molar-refractivity contribution in [3.63, 3.8) is 0 Å². The monoisotopic (exact) mass is 154 g/mol. The maximum Gasteiger partial charge on any atom is 0.413 e. The highest BCUT2D eigenvalue weighted by Crippen LogP contribution is 1.81. The molecule has 60 valence electrons. The molecule has 0 aliphatic carbocycles. The van der Waals surface area contributed by atoms with Crippen LogP contribution in [-0.4, -0.2) is 23.6 Å². The smallest absolute Gasteiger partial charge is 0.413 e. The van der Waals surface area contributed by atoms with Gasteiger partial charge in [0.1, 0.15) is 6.61 Å². The molecule has 4 nitrogen and oxygen atoms in total. The molecule has 0 atom stereocenters. The molecule has 11 heavy (non-hydrogen) atoms. The molecule has 0 aliphatic heterocycles. The number of allylic oxidation sites excluding steroid dienone is 1. The molecule has 0 fully saturated rings. The van der Waals surface area contributed by atoms with Crippen molar-refractivity contribution >= 4 is 12.2 Å². The lowest BCUT2D eigenvalue weighted by molar-refractivity contribution is -0.137. The van der Waals surface area contributed by atoms with Crippen LogP contribution in [0.4, 0.5) is 0 Å². The number of esters is 1. The largest absolute Gasteiger partial charge is 0.453 e. The van der Waals surface area contributed by atoms with Gasteiger partial charge in [0.15, 0.2) is 0 Å². The summed E-state index contributed by atoms with van der Waals surface area (Å²) < 4.78 is 4.55. The Hall–Kier alpha value is -1.41. The minimum Gasteiger partial charge on any atom is -0.453 e. The molecular weight excluding hydrogens is 144 g/mol. The van der Waals surface area contributed by atoms with E-state index in [9.17, 15) is 4.79 Å². The topological polar surface area (TPSA) is 62.7 Å². The maximum absolute atomic E-state index is 10.4. The van der Waals surface area contributed by atoms with E-state index in [-0.39, 0.29) is 6.61 Å². The zero-order chi connectivity index (χ0) is 8.53. The van der Waals surface area contributed by atoms with Gasteiger partial charge in [0.2, 0.25) is 0 Å². The van der Waals surface area contributed by atoms with Crippen molar-refractivity contribution in [3.8, 4) is 0 Å². The fraction of sp³-hybridized carbons (Fsp3) is 0.429. The van der Waals surface area contributed by atoms with E-state index < -0.39 is 5.97 Å². The Bertz CT molecular complexity index is 193. The molecule has 0 saturated heterocycles. The van der Waals surface area contributed by atoms with Crippen LogP contribution in [0.25, 0.3) is 5.53 Å². The zero-order valence-electron chi connectivity index (χ0n) is 6.36. The van der Waals surface area contributed by atoms with Crippen LogP contribution in [0.3, 0.4) is 0 Å². The van der Waals surface area contributed by atoms with Crippen LogP contribution < -0.4 is 0 Å². The number of nitrogens with zero attached hydrogens (tertiary/aromatic N) is 2. The van der Waals surface area contributed by atoms with Crippen molar-refractivity contribution in [2.45, 2.75) is 13.3 Å². The van der Waals surface area contributed by atoms with Crippen molar-refractivity contribution < 1.29 is 14.3 Å². The zero-order valence-corrected chi connectivity index (χ0v) is 6.36. The third-order valence-corrected chi connectivity index (χ3v) is 0.887. The average Bonchev–Trinajstić information content (AvgIpc) is 1.99.